The average molecular weight is 360 g/mol. The van der Waals surface area contributed by atoms with Crippen molar-refractivity contribution in [2.75, 3.05) is 0 Å². The van der Waals surface area contributed by atoms with E-state index in [0.29, 0.717) is 0 Å². The molecule has 27 heavy (non-hydrogen) atoms. The molecule has 0 fully saturated rings. The summed E-state index contributed by atoms with van der Waals surface area (Å²) >= 11 is 0. The van der Waals surface area contributed by atoms with E-state index in [1.54, 1.807) is 0 Å². The maximum absolute atomic E-state index is 4.47. The van der Waals surface area contributed by atoms with E-state index in [1.165, 1.54) is 34.3 Å². The topological polar surface area (TPSA) is 12.9 Å². The zero-order chi connectivity index (χ0) is 19.6. The first-order valence-corrected chi connectivity index (χ1v) is 10.1. The van der Waals surface area contributed by atoms with Crippen LogP contribution in [0.1, 0.15) is 62.4 Å². The Kier molecular flexibility index (Phi) is 8.26. The molecule has 1 aliphatic rings. The van der Waals surface area contributed by atoms with Crippen LogP contribution in [-0.4, -0.2) is 4.98 Å². The Balaban J connectivity index is 0.000000321. The lowest BCUT2D eigenvalue weighted by Gasteiger charge is -2.15. The minimum absolute atomic E-state index is 0.769. The second-order valence-electron chi connectivity index (χ2n) is 7.37. The Morgan fingerprint density at radius 1 is 1.11 bits per heavy atom. The van der Waals surface area contributed by atoms with E-state index in [0.717, 1.165) is 24.5 Å². The normalized spacial score (nSPS) is 14.9. The summed E-state index contributed by atoms with van der Waals surface area (Å²) in [6, 6.07) is 12.9. The summed E-state index contributed by atoms with van der Waals surface area (Å²) < 4.78 is 0. The quantitative estimate of drug-likeness (QED) is 0.513. The van der Waals surface area contributed by atoms with Crippen LogP contribution in [0.4, 0.5) is 0 Å². The molecule has 0 saturated heterocycles. The van der Waals surface area contributed by atoms with Crippen molar-refractivity contribution < 1.29 is 0 Å². The molecule has 0 amide bonds. The largest absolute Gasteiger partial charge is 0.257 e. The van der Waals surface area contributed by atoms with Gasteiger partial charge in [0.1, 0.15) is 0 Å². The molecule has 0 spiro atoms. The minimum Gasteiger partial charge on any atom is -0.257 e. The SMILES string of the molecule is CC=CC(C)CC.Cc1cc(C)cc(C2=CCCC(c3ccccn3)=C2)c1. The fraction of sp³-hybridized carbons (Fsp3) is 0.346. The van der Waals surface area contributed by atoms with Crippen LogP contribution in [0.3, 0.4) is 0 Å². The highest BCUT2D eigenvalue weighted by Crippen LogP contribution is 2.30. The monoisotopic (exact) mass is 359 g/mol. The van der Waals surface area contributed by atoms with Crippen molar-refractivity contribution in [2.45, 2.75) is 53.9 Å². The number of allylic oxidation sites excluding steroid dienone is 6. The molecule has 1 aliphatic carbocycles. The zero-order valence-electron chi connectivity index (χ0n) is 17.5. The molecular weight excluding hydrogens is 326 g/mol. The molecule has 1 aromatic carbocycles. The summed E-state index contributed by atoms with van der Waals surface area (Å²) in [5.41, 5.74) is 7.71. The number of hydrogen-bond acceptors (Lipinski definition) is 1. The van der Waals surface area contributed by atoms with Crippen molar-refractivity contribution in [3.63, 3.8) is 0 Å². The molecule has 0 radical (unpaired) electrons. The van der Waals surface area contributed by atoms with Gasteiger partial charge in [-0.05, 0) is 74.4 Å². The number of aromatic nitrogens is 1. The molecule has 1 heterocycles. The molecule has 1 nitrogen and oxygen atoms in total. The first-order chi connectivity index (χ1) is 13.0. The summed E-state index contributed by atoms with van der Waals surface area (Å²) in [5, 5.41) is 0. The first kappa shape index (κ1) is 20.9. The molecule has 3 rings (SSSR count). The van der Waals surface area contributed by atoms with Crippen LogP contribution in [-0.2, 0) is 0 Å². The van der Waals surface area contributed by atoms with Crippen molar-refractivity contribution >= 4 is 11.1 Å². The van der Waals surface area contributed by atoms with Gasteiger partial charge >= 0.3 is 0 Å². The molecule has 0 bridgehead atoms. The highest BCUT2D eigenvalue weighted by Gasteiger charge is 2.10. The molecule has 1 heteroatoms. The van der Waals surface area contributed by atoms with Gasteiger partial charge in [0.25, 0.3) is 0 Å². The molecule has 0 saturated carbocycles. The highest BCUT2D eigenvalue weighted by molar-refractivity contribution is 5.85. The van der Waals surface area contributed by atoms with Crippen LogP contribution in [0.15, 0.2) is 66.9 Å². The Morgan fingerprint density at radius 3 is 2.41 bits per heavy atom. The predicted octanol–water partition coefficient (Wildman–Crippen LogP) is 7.57. The molecule has 0 aliphatic heterocycles. The van der Waals surface area contributed by atoms with Crippen molar-refractivity contribution in [3.8, 4) is 0 Å². The number of nitrogens with zero attached hydrogens (tertiary/aromatic N) is 1. The number of hydrogen-bond donors (Lipinski definition) is 0. The summed E-state index contributed by atoms with van der Waals surface area (Å²) in [6.07, 6.45) is 14.2. The number of rotatable bonds is 4. The summed E-state index contributed by atoms with van der Waals surface area (Å²) in [4.78, 5) is 4.47. The van der Waals surface area contributed by atoms with E-state index in [9.17, 15) is 0 Å². The second kappa shape index (κ2) is 10.7. The van der Waals surface area contributed by atoms with Crippen LogP contribution < -0.4 is 0 Å². The van der Waals surface area contributed by atoms with Gasteiger partial charge in [0, 0.05) is 6.20 Å². The van der Waals surface area contributed by atoms with Gasteiger partial charge in [0.2, 0.25) is 0 Å². The molecule has 142 valence electrons. The number of aryl methyl sites for hydroxylation is 2. The lowest BCUT2D eigenvalue weighted by molar-refractivity contribution is 0.697. The second-order valence-corrected chi connectivity index (χ2v) is 7.37. The Morgan fingerprint density at radius 2 is 1.85 bits per heavy atom. The summed E-state index contributed by atoms with van der Waals surface area (Å²) in [6.45, 7) is 10.8. The Bertz CT molecular complexity index is 789. The van der Waals surface area contributed by atoms with Crippen LogP contribution >= 0.6 is 0 Å². The molecule has 2 aromatic rings. The van der Waals surface area contributed by atoms with Crippen LogP contribution in [0.2, 0.25) is 0 Å². The number of pyridine rings is 1. The van der Waals surface area contributed by atoms with Gasteiger partial charge in [-0.1, -0.05) is 73.9 Å². The Labute approximate surface area is 165 Å². The summed E-state index contributed by atoms with van der Waals surface area (Å²) in [7, 11) is 0. The molecular formula is C26H33N. The van der Waals surface area contributed by atoms with E-state index in [1.807, 2.05) is 12.3 Å². The van der Waals surface area contributed by atoms with E-state index in [-0.39, 0.29) is 0 Å². The van der Waals surface area contributed by atoms with E-state index < -0.39 is 0 Å². The standard InChI is InChI=1S/C19H19N.C7H14/c1-14-10-15(2)12-18(11-14)16-6-5-7-17(13-16)19-8-3-4-9-20-19;1-4-6-7(3)5-2/h3-4,6,8-13H,5,7H2,1-2H3;4,6-7H,5H2,1-3H3. The molecule has 1 aromatic heterocycles. The molecule has 0 N–H and O–H groups in total. The van der Waals surface area contributed by atoms with Gasteiger partial charge in [-0.2, -0.15) is 0 Å². The zero-order valence-corrected chi connectivity index (χ0v) is 17.5. The smallest absolute Gasteiger partial charge is 0.0661 e. The van der Waals surface area contributed by atoms with E-state index >= 15 is 0 Å². The van der Waals surface area contributed by atoms with Crippen molar-refractivity contribution in [2.24, 2.45) is 5.92 Å². The van der Waals surface area contributed by atoms with Gasteiger partial charge in [0.05, 0.1) is 5.69 Å². The predicted molar refractivity (Wildman–Crippen MR) is 120 cm³/mol. The maximum Gasteiger partial charge on any atom is 0.0661 e. The third-order valence-corrected chi connectivity index (χ3v) is 4.82. The van der Waals surface area contributed by atoms with Crippen molar-refractivity contribution in [1.29, 1.82) is 0 Å². The van der Waals surface area contributed by atoms with Crippen LogP contribution in [0.5, 0.6) is 0 Å². The van der Waals surface area contributed by atoms with Gasteiger partial charge in [-0.3, -0.25) is 4.98 Å². The van der Waals surface area contributed by atoms with E-state index in [4.69, 9.17) is 0 Å². The third-order valence-electron chi connectivity index (χ3n) is 4.82. The van der Waals surface area contributed by atoms with Crippen molar-refractivity contribution in [3.05, 3.63) is 89.3 Å². The van der Waals surface area contributed by atoms with Crippen LogP contribution in [0.25, 0.3) is 11.1 Å². The molecule has 1 unspecified atom stereocenters. The lowest BCUT2D eigenvalue weighted by Crippen LogP contribution is -1.95. The fourth-order valence-electron chi connectivity index (χ4n) is 3.26. The lowest BCUT2D eigenvalue weighted by atomic mass is 9.91. The Hall–Kier alpha value is -2.41. The van der Waals surface area contributed by atoms with Gasteiger partial charge in [-0.15, -0.1) is 0 Å². The fourth-order valence-corrected chi connectivity index (χ4v) is 3.26. The highest BCUT2D eigenvalue weighted by atomic mass is 14.7. The van der Waals surface area contributed by atoms with Gasteiger partial charge in [-0.25, -0.2) is 0 Å². The van der Waals surface area contributed by atoms with Crippen LogP contribution in [0, 0.1) is 19.8 Å². The summed E-state index contributed by atoms with van der Waals surface area (Å²) in [5.74, 6) is 0.769. The number of benzene rings is 1. The maximum atomic E-state index is 4.47. The van der Waals surface area contributed by atoms with Gasteiger partial charge in [0.15, 0.2) is 0 Å². The first-order valence-electron chi connectivity index (χ1n) is 10.1. The third kappa shape index (κ3) is 6.67. The minimum atomic E-state index is 0.769. The molecule has 1 atom stereocenters. The average Bonchev–Trinajstić information content (AvgIpc) is 2.69. The van der Waals surface area contributed by atoms with E-state index in [2.05, 4.69) is 94.2 Å². The van der Waals surface area contributed by atoms with Gasteiger partial charge < -0.3 is 0 Å². The van der Waals surface area contributed by atoms with Crippen molar-refractivity contribution in [1.82, 2.24) is 4.98 Å².